The van der Waals surface area contributed by atoms with Crippen LogP contribution in [0.5, 0.6) is 23.0 Å². The number of rotatable bonds is 28. The Morgan fingerprint density at radius 3 is 1.18 bits per heavy atom. The third-order valence-corrected chi connectivity index (χ3v) is 23.1. The summed E-state index contributed by atoms with van der Waals surface area (Å²) in [5.41, 5.74) is 11.0. The Bertz CT molecular complexity index is 7310. The second-order valence-electron chi connectivity index (χ2n) is 30.1. The van der Waals surface area contributed by atoms with E-state index >= 15 is 0 Å². The average Bonchev–Trinajstić information content (AvgIpc) is 0.873. The Balaban J connectivity index is 0.000000178. The molecule has 12 aromatic heterocycles. The molecule has 18 aromatic rings. The van der Waals surface area contributed by atoms with Crippen molar-refractivity contribution in [1.82, 2.24) is 60.3 Å². The third kappa shape index (κ3) is 28.8. The number of nitrogens with zero attached hydrogens (tertiary/aromatic N) is 14. The number of hydrogen-bond donors (Lipinski definition) is 0. The van der Waals surface area contributed by atoms with Gasteiger partial charge in [0.2, 0.25) is 0 Å². The summed E-state index contributed by atoms with van der Waals surface area (Å²) in [4.78, 5) is 81.2. The molecule has 0 radical (unpaired) electrons. The number of halogens is 6. The van der Waals surface area contributed by atoms with Gasteiger partial charge in [-0.1, -0.05) is 203 Å². The van der Waals surface area contributed by atoms with Gasteiger partial charge in [0.25, 0.3) is 25.9 Å². The van der Waals surface area contributed by atoms with E-state index in [1.165, 1.54) is 110 Å². The Labute approximate surface area is 844 Å². The molecule has 0 aliphatic rings. The van der Waals surface area contributed by atoms with E-state index in [1.54, 1.807) is 108 Å². The average molecular weight is 2120 g/mol. The fourth-order valence-electron chi connectivity index (χ4n) is 14.7. The molecule has 0 atom stereocenters. The number of aromatic nitrogens is 12. The summed E-state index contributed by atoms with van der Waals surface area (Å²) >= 11 is 10.7. The number of hydrogen-bond acceptors (Lipinski definition) is 22. The van der Waals surface area contributed by atoms with Crippen molar-refractivity contribution >= 4 is 139 Å². The molecule has 0 saturated heterocycles. The van der Waals surface area contributed by atoms with Crippen LogP contribution in [-0.2, 0) is 83.3 Å². The van der Waals surface area contributed by atoms with Crippen LogP contribution in [0, 0.1) is 11.8 Å². The number of carbonyl (C=O) groups is 4. The van der Waals surface area contributed by atoms with Gasteiger partial charge in [0.1, 0.15) is 34.4 Å². The van der Waals surface area contributed by atoms with Gasteiger partial charge < -0.3 is 50.2 Å². The molecule has 18 rings (SSSR count). The summed E-state index contributed by atoms with van der Waals surface area (Å²) in [6.07, 6.45) is 16.2. The van der Waals surface area contributed by atoms with E-state index in [0.29, 0.717) is 94.3 Å². The van der Waals surface area contributed by atoms with Gasteiger partial charge in [0.05, 0.1) is 56.9 Å². The van der Waals surface area contributed by atoms with Crippen molar-refractivity contribution in [3.63, 3.8) is 0 Å². The first-order valence-electron chi connectivity index (χ1n) is 42.8. The number of alkyl halides is 6. The van der Waals surface area contributed by atoms with Gasteiger partial charge in [0.15, 0.2) is 0 Å². The number of thiophene rings is 2. The summed E-state index contributed by atoms with van der Waals surface area (Å²) in [6, 6.07) is 71.3. The minimum Gasteiger partial charge on any atom is -0.753 e. The van der Waals surface area contributed by atoms with Gasteiger partial charge in [-0.15, -0.1) is 22.7 Å². The number of thiocarbonyl (C=S) groups is 2. The third-order valence-electron chi connectivity index (χ3n) is 21.0. The molecule has 140 heavy (non-hydrogen) atoms. The molecule has 702 valence electrons. The van der Waals surface area contributed by atoms with E-state index in [4.69, 9.17) is 34.7 Å². The standard InChI is InChI=1S/C37H21N3O4.C29H19N3O4.2C19H19F3N3S.2CNS.2Ru/c41-22-43-26-14-16-39-35(19-26)37-21-27(44-23-42)20-36(40-37)34-18-25(13-15-38-34)10-9-24-11-12-32-30-7-2-1-5-28(30)29-6-3-4-8-31(29)33(32)17-24;33-18-35-24-10-12-31-27(15-24)29-17-25(36-19-34)16-28(32-29)26-14-21(9-11-30-26)6-5-20-7-8-22-3-1-2-4-23(22)13-20;2*1-2-3-4-5-6-13-8-10-26-18(13)14-7-9-23-15(11-14)16-12-17(25-24-16)19(20,21)22;2*2-1-3;;/h1-8,11-23H;1-19H;2*7-12H,2-6H2,1H3;;;;/q;;4*-1;2*+2/b;6-5+;;;;;;. The zero-order valence-electron chi connectivity index (χ0n) is 74.2. The van der Waals surface area contributed by atoms with Crippen molar-refractivity contribution < 1.29 is 103 Å². The summed E-state index contributed by atoms with van der Waals surface area (Å²) in [5.74, 6) is 7.74. The molecule has 22 nitrogen and oxygen atoms in total. The number of isothiocyanates is 2. The quantitative estimate of drug-likeness (QED) is 0.00643. The van der Waals surface area contributed by atoms with Gasteiger partial charge in [-0.3, -0.25) is 49.1 Å². The molecule has 0 amide bonds. The van der Waals surface area contributed by atoms with Crippen LogP contribution in [0.4, 0.5) is 26.3 Å². The van der Waals surface area contributed by atoms with Crippen molar-refractivity contribution in [2.45, 2.75) is 90.4 Å². The van der Waals surface area contributed by atoms with E-state index in [9.17, 15) is 45.5 Å². The maximum atomic E-state index is 12.7. The molecular formula is C106H78F6N14O8Ru2S4. The second kappa shape index (κ2) is 52.5. The molecule has 0 bridgehead atoms. The first kappa shape index (κ1) is 105. The Hall–Kier alpha value is -15.0. The van der Waals surface area contributed by atoms with Crippen LogP contribution >= 0.6 is 47.1 Å². The van der Waals surface area contributed by atoms with Crippen molar-refractivity contribution in [3.8, 4) is 124 Å². The summed E-state index contributed by atoms with van der Waals surface area (Å²) in [5, 5.41) is 44.3. The normalized spacial score (nSPS) is 10.7. The van der Waals surface area contributed by atoms with Crippen LogP contribution in [0.15, 0.2) is 278 Å². The van der Waals surface area contributed by atoms with E-state index in [1.807, 2.05) is 66.7 Å². The molecule has 0 saturated carbocycles. The zero-order valence-corrected chi connectivity index (χ0v) is 81.0. The van der Waals surface area contributed by atoms with Crippen LogP contribution in [0.25, 0.3) is 155 Å². The van der Waals surface area contributed by atoms with Crippen LogP contribution in [0.1, 0.15) is 110 Å². The van der Waals surface area contributed by atoms with Gasteiger partial charge in [-0.05, 0) is 216 Å². The van der Waals surface area contributed by atoms with E-state index in [-0.39, 0.29) is 61.8 Å². The monoisotopic (exact) mass is 2120 g/mol. The molecule has 6 aromatic carbocycles. The minimum atomic E-state index is -4.50. The summed E-state index contributed by atoms with van der Waals surface area (Å²) < 4.78 is 96.4. The molecule has 0 aliphatic heterocycles. The van der Waals surface area contributed by atoms with E-state index < -0.39 is 23.7 Å². The number of fused-ring (bicyclic) bond motifs is 7. The Kier molecular flexibility index (Phi) is 39.5. The fraction of sp³-hybridized carbons (Fsp3) is 0.132. The molecule has 12 heterocycles. The molecule has 0 unspecified atom stereocenters. The second-order valence-corrected chi connectivity index (χ2v) is 32.3. The van der Waals surface area contributed by atoms with Crippen molar-refractivity contribution in [2.24, 2.45) is 0 Å². The minimum absolute atomic E-state index is 0. The fourth-order valence-corrected chi connectivity index (χ4v) is 16.6. The predicted molar refractivity (Wildman–Crippen MR) is 532 cm³/mol. The summed E-state index contributed by atoms with van der Waals surface area (Å²) in [7, 11) is 0. The van der Waals surface area contributed by atoms with E-state index in [2.05, 4.69) is 219 Å². The van der Waals surface area contributed by atoms with Gasteiger partial charge >= 0.3 is 51.3 Å². The molecule has 34 heteroatoms. The Morgan fingerprint density at radius 1 is 0.364 bits per heavy atom. The van der Waals surface area contributed by atoms with Gasteiger partial charge in [-0.25, -0.2) is 9.97 Å². The van der Waals surface area contributed by atoms with Crippen molar-refractivity contribution in [3.05, 3.63) is 334 Å². The number of aryl methyl sites for hydroxylation is 2. The first-order valence-corrected chi connectivity index (χ1v) is 45.4. The maximum absolute atomic E-state index is 12.7. The van der Waals surface area contributed by atoms with Crippen LogP contribution < -0.4 is 29.1 Å². The van der Waals surface area contributed by atoms with Gasteiger partial charge in [0, 0.05) is 94.5 Å². The smallest absolute Gasteiger partial charge is 0.753 e. The molecule has 0 N–H and O–H groups in total. The van der Waals surface area contributed by atoms with Crippen LogP contribution in [-0.4, -0.2) is 86.3 Å². The van der Waals surface area contributed by atoms with E-state index in [0.717, 1.165) is 86.3 Å². The largest absolute Gasteiger partial charge is 2.00 e. The molecule has 0 fully saturated rings. The molecule has 0 aliphatic carbocycles. The Morgan fingerprint density at radius 2 is 0.736 bits per heavy atom. The number of unbranched alkanes of at least 4 members (excludes halogenated alkanes) is 6. The van der Waals surface area contributed by atoms with Crippen molar-refractivity contribution in [1.29, 1.82) is 0 Å². The maximum Gasteiger partial charge on any atom is 2.00 e. The molecular weight excluding hydrogens is 2040 g/mol. The number of pyridine rings is 8. The SMILES string of the molecule is CCCCCCc1ccsc1-c1ccnc(-c2cc(C(F)(F)F)n[n-]2)c1.CCCCCCc1ccsc1-c1ccnc(-c2cc(C(F)(F)F)n[n-]2)c1.O=COc1ccnc(-c2cc(OC=O)cc(-c3cc(/C=C/c4ccc5ccccc5c4)ccn3)n2)c1.O=COc1ccnc(-c2cc(OC=O)cc(-c3cc(C#Cc4ccc5c6ccccc6c6ccccc6c5c4)ccn3)n2)c1.[N-]=C=S.[N-]=C=S.[Ru+2].[Ru+2]. The van der Waals surface area contributed by atoms with Crippen LogP contribution in [0.2, 0.25) is 0 Å². The predicted octanol–water partition coefficient (Wildman–Crippen LogP) is 26.0. The molecule has 0 spiro atoms. The van der Waals surface area contributed by atoms with Gasteiger partial charge in [-0.2, -0.15) is 36.7 Å². The zero-order chi connectivity index (χ0) is 97.2. The summed E-state index contributed by atoms with van der Waals surface area (Å²) in [6.45, 7) is 5.73. The number of benzene rings is 6. The number of ether oxygens (including phenoxy) is 4. The van der Waals surface area contributed by atoms with Crippen LogP contribution in [0.3, 0.4) is 0 Å². The first-order chi connectivity index (χ1) is 67.2. The topological polar surface area (TPSA) is 307 Å². The number of carbonyl (C=O) groups excluding carboxylic acids is 4. The van der Waals surface area contributed by atoms with Crippen molar-refractivity contribution in [2.75, 3.05) is 0 Å².